The number of nitrogens with zero attached hydrogens (tertiary/aromatic N) is 2. The third-order valence-electron chi connectivity index (χ3n) is 3.23. The highest BCUT2D eigenvalue weighted by Gasteiger charge is 2.24. The lowest BCUT2D eigenvalue weighted by Gasteiger charge is -2.33. The summed E-state index contributed by atoms with van der Waals surface area (Å²) in [4.78, 5) is 16.5. The van der Waals surface area contributed by atoms with Gasteiger partial charge in [0.25, 0.3) is 0 Å². The van der Waals surface area contributed by atoms with Crippen LogP contribution in [0, 0.1) is 5.92 Å². The molecule has 0 spiro atoms. The lowest BCUT2D eigenvalue weighted by molar-refractivity contribution is -0.136. The van der Waals surface area contributed by atoms with Crippen molar-refractivity contribution in [2.75, 3.05) is 32.7 Å². The van der Waals surface area contributed by atoms with Crippen molar-refractivity contribution in [2.45, 2.75) is 47.1 Å². The fourth-order valence-corrected chi connectivity index (χ4v) is 2.16. The molecule has 1 amide bonds. The zero-order valence-electron chi connectivity index (χ0n) is 12.8. The van der Waals surface area contributed by atoms with Gasteiger partial charge in [0.05, 0.1) is 6.04 Å². The van der Waals surface area contributed by atoms with Gasteiger partial charge in [-0.05, 0) is 39.7 Å². The Balaban J connectivity index is 4.60. The Hall–Kier alpha value is -0.610. The van der Waals surface area contributed by atoms with Crippen molar-refractivity contribution in [2.24, 2.45) is 11.7 Å². The van der Waals surface area contributed by atoms with E-state index in [4.69, 9.17) is 5.73 Å². The number of carbonyl (C=O) groups excluding carboxylic acids is 1. The fourth-order valence-electron chi connectivity index (χ4n) is 2.16. The van der Waals surface area contributed by atoms with E-state index in [0.29, 0.717) is 12.5 Å². The number of likely N-dealkylation sites (N-methyl/N-ethyl adjacent to an activating group) is 1. The normalized spacial score (nSPS) is 13.1. The summed E-state index contributed by atoms with van der Waals surface area (Å²) in [6, 6.07) is -0.0427. The molecule has 0 aliphatic carbocycles. The monoisotopic (exact) mass is 257 g/mol. The van der Waals surface area contributed by atoms with Gasteiger partial charge in [-0.3, -0.25) is 9.69 Å². The highest BCUT2D eigenvalue weighted by molar-refractivity contribution is 5.81. The molecule has 0 radical (unpaired) electrons. The van der Waals surface area contributed by atoms with Crippen molar-refractivity contribution in [3.8, 4) is 0 Å². The first-order valence-electron chi connectivity index (χ1n) is 7.20. The molecule has 0 aliphatic heterocycles. The molecule has 0 aliphatic rings. The molecule has 0 saturated heterocycles. The van der Waals surface area contributed by atoms with Crippen LogP contribution in [0.1, 0.15) is 41.0 Å². The van der Waals surface area contributed by atoms with Gasteiger partial charge in [0.1, 0.15) is 0 Å². The van der Waals surface area contributed by atoms with Crippen LogP contribution in [0.2, 0.25) is 0 Å². The molecule has 4 nitrogen and oxygen atoms in total. The molecular weight excluding hydrogens is 226 g/mol. The maximum absolute atomic E-state index is 12.3. The first-order chi connectivity index (χ1) is 8.47. The average Bonchev–Trinajstić information content (AvgIpc) is 2.34. The Morgan fingerprint density at radius 2 is 1.72 bits per heavy atom. The topological polar surface area (TPSA) is 49.6 Å². The minimum Gasteiger partial charge on any atom is -0.342 e. The van der Waals surface area contributed by atoms with E-state index in [1.165, 1.54) is 0 Å². The fraction of sp³-hybridized carbons (Fsp3) is 0.929. The molecule has 0 heterocycles. The number of rotatable bonds is 9. The predicted octanol–water partition coefficient (Wildman–Crippen LogP) is 1.55. The molecule has 18 heavy (non-hydrogen) atoms. The second-order valence-electron chi connectivity index (χ2n) is 5.22. The summed E-state index contributed by atoms with van der Waals surface area (Å²) in [6.07, 6.45) is 0.947. The van der Waals surface area contributed by atoms with Crippen LogP contribution in [0.15, 0.2) is 0 Å². The summed E-state index contributed by atoms with van der Waals surface area (Å²) in [5.41, 5.74) is 5.57. The van der Waals surface area contributed by atoms with Crippen LogP contribution in [-0.2, 0) is 4.79 Å². The number of amides is 1. The Labute approximate surface area is 113 Å². The first-order valence-corrected chi connectivity index (χ1v) is 7.20. The van der Waals surface area contributed by atoms with Crippen molar-refractivity contribution in [3.05, 3.63) is 0 Å². The van der Waals surface area contributed by atoms with Crippen LogP contribution < -0.4 is 5.73 Å². The van der Waals surface area contributed by atoms with E-state index < -0.39 is 0 Å². The summed E-state index contributed by atoms with van der Waals surface area (Å²) in [7, 11) is 0. The smallest absolute Gasteiger partial charge is 0.239 e. The molecule has 2 N–H and O–H groups in total. The quantitative estimate of drug-likeness (QED) is 0.682. The highest BCUT2D eigenvalue weighted by Crippen LogP contribution is 2.08. The number of nitrogens with two attached hydrogens (primary N) is 1. The molecule has 0 fully saturated rings. The van der Waals surface area contributed by atoms with Gasteiger partial charge in [-0.25, -0.2) is 0 Å². The van der Waals surface area contributed by atoms with Crippen molar-refractivity contribution in [3.63, 3.8) is 0 Å². The van der Waals surface area contributed by atoms with Gasteiger partial charge in [-0.15, -0.1) is 0 Å². The molecule has 4 heteroatoms. The largest absolute Gasteiger partial charge is 0.342 e. The van der Waals surface area contributed by atoms with Gasteiger partial charge in [-0.1, -0.05) is 13.8 Å². The van der Waals surface area contributed by atoms with E-state index in [2.05, 4.69) is 18.7 Å². The van der Waals surface area contributed by atoms with Crippen LogP contribution in [0.3, 0.4) is 0 Å². The van der Waals surface area contributed by atoms with Crippen molar-refractivity contribution in [1.29, 1.82) is 0 Å². The maximum atomic E-state index is 12.3. The summed E-state index contributed by atoms with van der Waals surface area (Å²) in [5.74, 6) is 0.799. The van der Waals surface area contributed by atoms with E-state index >= 15 is 0 Å². The Bertz CT molecular complexity index is 227. The second-order valence-corrected chi connectivity index (χ2v) is 5.22. The maximum Gasteiger partial charge on any atom is 0.239 e. The third-order valence-corrected chi connectivity index (χ3v) is 3.23. The SMILES string of the molecule is CCN(CC)C(=O)C(C)N(CCCN)CC(C)C. The van der Waals surface area contributed by atoms with Crippen LogP contribution in [0.4, 0.5) is 0 Å². The lowest BCUT2D eigenvalue weighted by Crippen LogP contribution is -2.48. The van der Waals surface area contributed by atoms with Crippen molar-refractivity contribution >= 4 is 5.91 Å². The molecule has 0 rings (SSSR count). The Morgan fingerprint density at radius 1 is 1.17 bits per heavy atom. The average molecular weight is 257 g/mol. The van der Waals surface area contributed by atoms with Crippen molar-refractivity contribution in [1.82, 2.24) is 9.80 Å². The predicted molar refractivity (Wildman–Crippen MR) is 77.5 cm³/mol. The standard InChI is InChI=1S/C14H31N3O/c1-6-16(7-2)14(18)13(5)17(10-8-9-15)11-12(3)4/h12-13H,6-11,15H2,1-5H3. The second kappa shape index (κ2) is 9.34. The molecule has 108 valence electrons. The van der Waals surface area contributed by atoms with Gasteiger partial charge >= 0.3 is 0 Å². The third kappa shape index (κ3) is 5.83. The highest BCUT2D eigenvalue weighted by atomic mass is 16.2. The Kier molecular flexibility index (Phi) is 9.02. The minimum atomic E-state index is -0.0427. The number of hydrogen-bond acceptors (Lipinski definition) is 3. The molecular formula is C14H31N3O. The van der Waals surface area contributed by atoms with Gasteiger partial charge in [0.15, 0.2) is 0 Å². The van der Waals surface area contributed by atoms with Crippen molar-refractivity contribution < 1.29 is 4.79 Å². The van der Waals surface area contributed by atoms with Gasteiger partial charge in [-0.2, -0.15) is 0 Å². The van der Waals surface area contributed by atoms with E-state index in [9.17, 15) is 4.79 Å². The van der Waals surface area contributed by atoms with Crippen LogP contribution in [0.5, 0.6) is 0 Å². The zero-order chi connectivity index (χ0) is 14.1. The first kappa shape index (κ1) is 17.4. The molecule has 1 atom stereocenters. The molecule has 0 aromatic heterocycles. The summed E-state index contributed by atoms with van der Waals surface area (Å²) in [6.45, 7) is 14.5. The summed E-state index contributed by atoms with van der Waals surface area (Å²) >= 11 is 0. The van der Waals surface area contributed by atoms with Gasteiger partial charge in [0, 0.05) is 26.2 Å². The molecule has 1 unspecified atom stereocenters. The zero-order valence-corrected chi connectivity index (χ0v) is 12.8. The van der Waals surface area contributed by atoms with Gasteiger partial charge in [0.2, 0.25) is 5.91 Å². The van der Waals surface area contributed by atoms with E-state index in [0.717, 1.165) is 32.6 Å². The lowest BCUT2D eigenvalue weighted by atomic mass is 10.1. The molecule has 0 bridgehead atoms. The summed E-state index contributed by atoms with van der Waals surface area (Å²) < 4.78 is 0. The Morgan fingerprint density at radius 3 is 2.11 bits per heavy atom. The van der Waals surface area contributed by atoms with Gasteiger partial charge < -0.3 is 10.6 Å². The van der Waals surface area contributed by atoms with Crippen LogP contribution in [-0.4, -0.2) is 54.5 Å². The molecule has 0 aromatic carbocycles. The number of hydrogen-bond donors (Lipinski definition) is 1. The number of carbonyl (C=O) groups is 1. The van der Waals surface area contributed by atoms with E-state index in [-0.39, 0.29) is 11.9 Å². The molecule has 0 saturated carbocycles. The molecule has 0 aromatic rings. The van der Waals surface area contributed by atoms with E-state index in [1.807, 2.05) is 25.7 Å². The van der Waals surface area contributed by atoms with Crippen LogP contribution >= 0.6 is 0 Å². The van der Waals surface area contributed by atoms with Crippen LogP contribution in [0.25, 0.3) is 0 Å². The minimum absolute atomic E-state index is 0.0427. The van der Waals surface area contributed by atoms with E-state index in [1.54, 1.807) is 0 Å². The summed E-state index contributed by atoms with van der Waals surface area (Å²) in [5, 5.41) is 0.